The number of benzene rings is 2. The first kappa shape index (κ1) is 15.1. The van der Waals surface area contributed by atoms with Gasteiger partial charge in [0.1, 0.15) is 0 Å². The molecular weight excluding hydrogens is 314 g/mol. The second-order valence-electron chi connectivity index (χ2n) is 4.98. The Morgan fingerprint density at radius 3 is 2.26 bits per heavy atom. The average Bonchev–Trinajstić information content (AvgIpc) is 2.56. The number of rotatable bonds is 2. The van der Waals surface area contributed by atoms with Crippen LogP contribution < -0.4 is 5.32 Å². The number of Topliss-reactive ketones (excluding diaryl/α,β-unsaturated/α-hetero) is 1. The summed E-state index contributed by atoms with van der Waals surface area (Å²) < 4.78 is 0. The zero-order chi connectivity index (χ0) is 16.4. The predicted molar refractivity (Wildman–Crippen MR) is 88.6 cm³/mol. The number of amides is 1. The average molecular weight is 326 g/mol. The van der Waals surface area contributed by atoms with E-state index in [1.807, 2.05) is 0 Å². The molecule has 0 spiro atoms. The lowest BCUT2D eigenvalue weighted by atomic mass is 9.95. The fourth-order valence-electron chi connectivity index (χ4n) is 2.30. The van der Waals surface area contributed by atoms with Crippen LogP contribution in [0.3, 0.4) is 0 Å². The van der Waals surface area contributed by atoms with Gasteiger partial charge in [0.15, 0.2) is 5.76 Å². The topological polar surface area (TPSA) is 66.4 Å². The molecule has 0 radical (unpaired) electrons. The Labute approximate surface area is 137 Å². The van der Waals surface area contributed by atoms with Crippen molar-refractivity contribution in [3.63, 3.8) is 0 Å². The van der Waals surface area contributed by atoms with Crippen molar-refractivity contribution in [1.29, 1.82) is 0 Å². The van der Waals surface area contributed by atoms with Crippen LogP contribution in [0.1, 0.15) is 11.1 Å². The summed E-state index contributed by atoms with van der Waals surface area (Å²) in [4.78, 5) is 24.0. The molecule has 3 rings (SSSR count). The molecule has 2 N–H and O–H groups in total. The molecule has 0 fully saturated rings. The van der Waals surface area contributed by atoms with Gasteiger partial charge in [0, 0.05) is 5.02 Å². The van der Waals surface area contributed by atoms with E-state index in [0.717, 1.165) is 5.56 Å². The van der Waals surface area contributed by atoms with Crippen LogP contribution in [0, 0.1) is 0 Å². The fourth-order valence-corrected chi connectivity index (χ4v) is 2.42. The van der Waals surface area contributed by atoms with Gasteiger partial charge in [-0.2, -0.15) is 0 Å². The van der Waals surface area contributed by atoms with Crippen molar-refractivity contribution in [3.05, 3.63) is 82.2 Å². The second-order valence-corrected chi connectivity index (χ2v) is 5.42. The summed E-state index contributed by atoms with van der Waals surface area (Å²) in [6, 6.07) is 15.5. The molecule has 1 aliphatic rings. The van der Waals surface area contributed by atoms with E-state index >= 15 is 0 Å². The molecule has 5 heteroatoms. The quantitative estimate of drug-likeness (QED) is 0.832. The molecule has 0 atom stereocenters. The number of aliphatic hydroxyl groups excluding tert-OH is 1. The zero-order valence-electron chi connectivity index (χ0n) is 11.9. The van der Waals surface area contributed by atoms with E-state index < -0.39 is 11.7 Å². The third kappa shape index (κ3) is 3.03. The van der Waals surface area contributed by atoms with Crippen LogP contribution in [-0.4, -0.2) is 16.8 Å². The molecule has 2 aromatic carbocycles. The van der Waals surface area contributed by atoms with Crippen LogP contribution in [0.2, 0.25) is 5.02 Å². The van der Waals surface area contributed by atoms with Crippen molar-refractivity contribution in [3.8, 4) is 0 Å². The third-order valence-corrected chi connectivity index (χ3v) is 3.67. The second kappa shape index (κ2) is 6.10. The Morgan fingerprint density at radius 2 is 1.61 bits per heavy atom. The van der Waals surface area contributed by atoms with E-state index in [4.69, 9.17) is 11.6 Å². The first-order valence-electron chi connectivity index (χ1n) is 6.88. The minimum Gasteiger partial charge on any atom is -0.505 e. The molecule has 2 aromatic rings. The van der Waals surface area contributed by atoms with E-state index in [2.05, 4.69) is 5.32 Å². The van der Waals surface area contributed by atoms with Crippen molar-refractivity contribution >= 4 is 34.9 Å². The lowest BCUT2D eigenvalue weighted by molar-refractivity contribution is -0.134. The van der Waals surface area contributed by atoms with E-state index in [0.29, 0.717) is 10.6 Å². The van der Waals surface area contributed by atoms with Gasteiger partial charge < -0.3 is 10.4 Å². The monoisotopic (exact) mass is 325 g/mol. The molecule has 0 saturated carbocycles. The number of hydrogen-bond acceptors (Lipinski definition) is 3. The van der Waals surface area contributed by atoms with Crippen molar-refractivity contribution < 1.29 is 14.7 Å². The van der Waals surface area contributed by atoms with Crippen LogP contribution in [-0.2, 0) is 9.59 Å². The lowest BCUT2D eigenvalue weighted by Crippen LogP contribution is -2.37. The van der Waals surface area contributed by atoms with Gasteiger partial charge in [0.05, 0.1) is 11.3 Å². The van der Waals surface area contributed by atoms with Gasteiger partial charge in [-0.05, 0) is 29.3 Å². The summed E-state index contributed by atoms with van der Waals surface area (Å²) in [5.41, 5.74) is 1.40. The highest BCUT2D eigenvalue weighted by Crippen LogP contribution is 2.27. The standard InChI is InChI=1S/C18H12ClNO3/c19-13-8-6-11(7-9-13)10-14-16(21)15(17(22)18(23)20-14)12-4-2-1-3-5-12/h1-10,21H,(H,20,23)/b14-10-. The summed E-state index contributed by atoms with van der Waals surface area (Å²) in [5.74, 6) is -1.79. The Balaban J connectivity index is 2.11. The van der Waals surface area contributed by atoms with Gasteiger partial charge in [-0.3, -0.25) is 9.59 Å². The SMILES string of the molecule is O=C1N/C(=C\c2ccc(Cl)cc2)C(O)=C(c2ccccc2)C1=O. The number of nitrogens with one attached hydrogen (secondary N) is 1. The van der Waals surface area contributed by atoms with E-state index in [1.165, 1.54) is 0 Å². The third-order valence-electron chi connectivity index (χ3n) is 3.42. The summed E-state index contributed by atoms with van der Waals surface area (Å²) >= 11 is 5.83. The molecule has 23 heavy (non-hydrogen) atoms. The van der Waals surface area contributed by atoms with Gasteiger partial charge >= 0.3 is 0 Å². The van der Waals surface area contributed by atoms with Crippen molar-refractivity contribution in [2.45, 2.75) is 0 Å². The maximum atomic E-state index is 12.1. The summed E-state index contributed by atoms with van der Waals surface area (Å²) in [5, 5.41) is 13.4. The van der Waals surface area contributed by atoms with Crippen molar-refractivity contribution in [2.24, 2.45) is 0 Å². The molecular formula is C18H12ClNO3. The Hall–Kier alpha value is -2.85. The van der Waals surface area contributed by atoms with Gasteiger partial charge in [0.2, 0.25) is 0 Å². The fraction of sp³-hybridized carbons (Fsp3) is 0. The summed E-state index contributed by atoms with van der Waals surface area (Å²) in [7, 11) is 0. The van der Waals surface area contributed by atoms with Gasteiger partial charge in [-0.25, -0.2) is 0 Å². The minimum atomic E-state index is -0.776. The number of carbonyl (C=O) groups excluding carboxylic acids is 2. The molecule has 1 amide bonds. The largest absolute Gasteiger partial charge is 0.505 e. The Kier molecular flexibility index (Phi) is 4.00. The Morgan fingerprint density at radius 1 is 0.957 bits per heavy atom. The van der Waals surface area contributed by atoms with Crippen LogP contribution in [0.25, 0.3) is 11.6 Å². The number of halogens is 1. The molecule has 0 bridgehead atoms. The highest BCUT2D eigenvalue weighted by Gasteiger charge is 2.31. The number of hydrogen-bond donors (Lipinski definition) is 2. The van der Waals surface area contributed by atoms with Crippen LogP contribution >= 0.6 is 11.6 Å². The molecule has 4 nitrogen and oxygen atoms in total. The normalized spacial score (nSPS) is 16.7. The maximum Gasteiger partial charge on any atom is 0.297 e. The van der Waals surface area contributed by atoms with E-state index in [-0.39, 0.29) is 17.0 Å². The lowest BCUT2D eigenvalue weighted by Gasteiger charge is -2.19. The van der Waals surface area contributed by atoms with E-state index in [1.54, 1.807) is 60.7 Å². The van der Waals surface area contributed by atoms with Gasteiger partial charge in [-0.15, -0.1) is 0 Å². The first-order chi connectivity index (χ1) is 11.1. The molecule has 0 aliphatic carbocycles. The molecule has 0 aromatic heterocycles. The minimum absolute atomic E-state index is 0.00503. The van der Waals surface area contributed by atoms with Crippen molar-refractivity contribution in [1.82, 2.24) is 5.32 Å². The van der Waals surface area contributed by atoms with E-state index in [9.17, 15) is 14.7 Å². The number of carbonyl (C=O) groups is 2. The zero-order valence-corrected chi connectivity index (χ0v) is 12.7. The Bertz CT molecular complexity index is 836. The van der Waals surface area contributed by atoms with Gasteiger partial charge in [-0.1, -0.05) is 54.1 Å². The molecule has 0 saturated heterocycles. The van der Waals surface area contributed by atoms with Crippen LogP contribution in [0.5, 0.6) is 0 Å². The highest BCUT2D eigenvalue weighted by molar-refractivity contribution is 6.55. The summed E-state index contributed by atoms with van der Waals surface area (Å²) in [6.45, 7) is 0. The highest BCUT2D eigenvalue weighted by atomic mass is 35.5. The van der Waals surface area contributed by atoms with Crippen LogP contribution in [0.15, 0.2) is 66.1 Å². The molecule has 114 valence electrons. The number of ketones is 1. The maximum absolute atomic E-state index is 12.1. The first-order valence-corrected chi connectivity index (χ1v) is 7.26. The summed E-state index contributed by atoms with van der Waals surface area (Å²) in [6.07, 6.45) is 1.58. The van der Waals surface area contributed by atoms with Gasteiger partial charge in [0.25, 0.3) is 11.7 Å². The molecule has 1 heterocycles. The number of aliphatic hydroxyl groups is 1. The van der Waals surface area contributed by atoms with Crippen LogP contribution in [0.4, 0.5) is 0 Å². The molecule has 0 unspecified atom stereocenters. The molecule has 1 aliphatic heterocycles. The predicted octanol–water partition coefficient (Wildman–Crippen LogP) is 3.35. The smallest absolute Gasteiger partial charge is 0.297 e. The van der Waals surface area contributed by atoms with Crippen molar-refractivity contribution in [2.75, 3.05) is 0 Å².